The Balaban J connectivity index is 2.38. The van der Waals surface area contributed by atoms with E-state index in [4.69, 9.17) is 9.47 Å². The van der Waals surface area contributed by atoms with Gasteiger partial charge in [-0.25, -0.2) is 0 Å². The second-order valence-corrected chi connectivity index (χ2v) is 23.4. The van der Waals surface area contributed by atoms with Gasteiger partial charge in [0.1, 0.15) is 0 Å². The molecule has 2 aromatic rings. The molecule has 30 heteroatoms. The smallest absolute Gasteiger partial charge is 0.255 e. The van der Waals surface area contributed by atoms with Crippen LogP contribution < -0.4 is 9.80 Å². The molecule has 0 spiro atoms. The van der Waals surface area contributed by atoms with E-state index in [0.717, 1.165) is 19.6 Å². The molecule has 2 rings (SSSR count). The van der Waals surface area contributed by atoms with Crippen LogP contribution in [0.2, 0.25) is 0 Å². The Labute approximate surface area is 509 Å². The fourth-order valence-electron chi connectivity index (χ4n) is 6.96. The Hall–Kier alpha value is -0.840. The number of hydrogen-bond acceptors (Lipinski definition) is 18. The maximum absolute atomic E-state index is 14.0. The highest BCUT2D eigenvalue weighted by Gasteiger charge is 2.37. The number of rotatable bonds is 29. The van der Waals surface area contributed by atoms with Crippen LogP contribution in [0.25, 0.3) is 0 Å². The van der Waals surface area contributed by atoms with Gasteiger partial charge in [0.15, 0.2) is 0 Å². The predicted octanol–water partition coefficient (Wildman–Crippen LogP) is -0.824. The van der Waals surface area contributed by atoms with Crippen molar-refractivity contribution in [2.24, 2.45) is 0 Å². The van der Waals surface area contributed by atoms with Gasteiger partial charge in [-0.3, -0.25) is 28.8 Å². The number of likely N-dealkylation sites (N-methyl/N-ethyl adjacent to an activating group) is 4. The normalized spacial score (nSPS) is 13.9. The summed E-state index contributed by atoms with van der Waals surface area (Å²) < 4.78 is 12.6. The van der Waals surface area contributed by atoms with Crippen LogP contribution in [0.5, 0.6) is 0 Å². The number of nitrogens with zero attached hydrogens (tertiary/aromatic N) is 6. The molecular weight excluding hydrogens is 1660 g/mol. The first-order valence-corrected chi connectivity index (χ1v) is 28.7. The highest BCUT2D eigenvalue weighted by Crippen LogP contribution is 2.41. The summed E-state index contributed by atoms with van der Waals surface area (Å²) in [5.74, 6) is -3.81. The van der Waals surface area contributed by atoms with Gasteiger partial charge in [-0.05, 0) is 136 Å². The maximum atomic E-state index is 14.0. The highest BCUT2D eigenvalue weighted by molar-refractivity contribution is 14.1. The van der Waals surface area contributed by atoms with Crippen LogP contribution in [0.3, 0.4) is 0 Å². The van der Waals surface area contributed by atoms with E-state index in [1.54, 1.807) is 0 Å². The summed E-state index contributed by atoms with van der Waals surface area (Å²) in [6.45, 7) is -2.94. The number of amides is 6. The Morgan fingerprint density at radius 2 is 0.608 bits per heavy atom. The van der Waals surface area contributed by atoms with Crippen LogP contribution in [0, 0.1) is 21.4 Å². The summed E-state index contributed by atoms with van der Waals surface area (Å²) in [6, 6.07) is 0. The van der Waals surface area contributed by atoms with Crippen molar-refractivity contribution in [1.82, 2.24) is 19.6 Å². The second-order valence-electron chi connectivity index (χ2n) is 16.9. The van der Waals surface area contributed by atoms with Crippen LogP contribution in [0.15, 0.2) is 0 Å². The van der Waals surface area contributed by atoms with Crippen LogP contribution in [0.1, 0.15) is 55.3 Å². The Morgan fingerprint density at radius 3 is 0.797 bits per heavy atom. The van der Waals surface area contributed by atoms with Crippen molar-refractivity contribution in [2.75, 3.05) is 130 Å². The lowest BCUT2D eigenvalue weighted by Gasteiger charge is -2.31. The van der Waals surface area contributed by atoms with Crippen molar-refractivity contribution in [1.29, 1.82) is 0 Å². The highest BCUT2D eigenvalue weighted by atomic mass is 127. The van der Waals surface area contributed by atoms with E-state index in [1.807, 2.05) is 136 Å². The zero-order valence-electron chi connectivity index (χ0n) is 41.1. The zero-order valence-corrected chi connectivity index (χ0v) is 54.0. The number of carbonyl (C=O) groups is 6. The number of anilines is 2. The summed E-state index contributed by atoms with van der Waals surface area (Å²) in [4.78, 5) is 89.5. The third-order valence-corrected chi connectivity index (χ3v) is 17.0. The van der Waals surface area contributed by atoms with Gasteiger partial charge in [0.25, 0.3) is 23.6 Å². The molecule has 74 heavy (non-hydrogen) atoms. The minimum absolute atomic E-state index is 0.0153. The minimum atomic E-state index is -1.35. The average Bonchev–Trinajstić information content (AvgIpc) is 3.33. The molecule has 0 saturated carbocycles. The van der Waals surface area contributed by atoms with Gasteiger partial charge in [-0.2, -0.15) is 0 Å². The fourth-order valence-corrected chi connectivity index (χ4v) is 16.3. The zero-order chi connectivity index (χ0) is 56.6. The SMILES string of the molecule is CC(=O)N(CC(O)COCCOCC(O)CN(C(C)=O)c1c(I)c(C(=O)N(C)CC(O)CO)c(I)c(C(=O)N(C)CC(O)CO)c1I)c1c(I)c(C(=O)N(C)CC(O)CO)c(I)c(C(=O)N(C)CC(O)CO)c1I. The van der Waals surface area contributed by atoms with E-state index in [2.05, 4.69) is 0 Å². The van der Waals surface area contributed by atoms with Crippen molar-refractivity contribution in [3.05, 3.63) is 43.7 Å². The number of hydrogen-bond donors (Lipinski definition) is 10. The van der Waals surface area contributed by atoms with E-state index in [0.29, 0.717) is 0 Å². The Morgan fingerprint density at radius 1 is 0.392 bits per heavy atom. The molecule has 6 amide bonds. The van der Waals surface area contributed by atoms with Crippen LogP contribution >= 0.6 is 136 Å². The van der Waals surface area contributed by atoms with E-state index >= 15 is 0 Å². The van der Waals surface area contributed by atoms with Crippen molar-refractivity contribution in [2.45, 2.75) is 50.5 Å². The van der Waals surface area contributed by atoms with E-state index in [1.165, 1.54) is 51.8 Å². The Bertz CT molecular complexity index is 2040. The molecule has 6 atom stereocenters. The molecule has 0 radical (unpaired) electrons. The third kappa shape index (κ3) is 18.9. The molecule has 0 aliphatic heterocycles. The monoisotopic (exact) mass is 1720 g/mol. The summed E-state index contributed by atoms with van der Waals surface area (Å²) >= 11 is 11.1. The van der Waals surface area contributed by atoms with Gasteiger partial charge in [0, 0.05) is 75.4 Å². The molecule has 10 N–H and O–H groups in total. The van der Waals surface area contributed by atoms with Gasteiger partial charge in [-0.15, -0.1) is 0 Å². The van der Waals surface area contributed by atoms with Crippen LogP contribution in [-0.4, -0.2) is 263 Å². The predicted molar refractivity (Wildman–Crippen MR) is 319 cm³/mol. The first-order chi connectivity index (χ1) is 34.5. The first kappa shape index (κ1) is 69.3. The number of aliphatic hydroxyl groups is 10. The molecular formula is C44H62I6N6O18. The topological polar surface area (TPSA) is 343 Å². The quantitative estimate of drug-likeness (QED) is 0.0351. The van der Waals surface area contributed by atoms with Crippen LogP contribution in [0.4, 0.5) is 11.4 Å². The standard InChI is InChI=1S/C44H62I6N6O18/c1-21(61)55(39-35(47)29(41(69)51(3)9-23(63)15-57)33(45)30(36(39)48)42(70)52(4)10-24(64)16-58)13-27(67)19-73-7-8-74-20-28(68)14-56(22(2)62)40-37(49)31(43(71)53(5)11-25(65)17-59)34(46)32(38(40)50)44(72)54(6)12-26(66)18-60/h23-28,57-60,63-68H,7-20H2,1-6H3. The molecule has 2 aromatic carbocycles. The Kier molecular flexibility index (Phi) is 30.9. The van der Waals surface area contributed by atoms with E-state index < -0.39 is 98.5 Å². The minimum Gasteiger partial charge on any atom is -0.394 e. The fraction of sp³-hybridized carbons (Fsp3) is 0.591. The molecule has 0 fully saturated rings. The lowest BCUT2D eigenvalue weighted by atomic mass is 10.0. The average molecular weight is 1720 g/mol. The van der Waals surface area contributed by atoms with Crippen molar-refractivity contribution >= 4 is 182 Å². The summed E-state index contributed by atoms with van der Waals surface area (Å²) in [5.41, 5.74) is 0.142. The number of benzene rings is 2. The lowest BCUT2D eigenvalue weighted by molar-refractivity contribution is -0.118. The van der Waals surface area contributed by atoms with E-state index in [-0.39, 0.29) is 121 Å². The summed E-state index contributed by atoms with van der Waals surface area (Å²) in [7, 11) is 5.52. The largest absolute Gasteiger partial charge is 0.394 e. The molecule has 0 aliphatic carbocycles. The van der Waals surface area contributed by atoms with Crippen LogP contribution in [-0.2, 0) is 19.1 Å². The molecule has 418 valence electrons. The number of ether oxygens (including phenoxy) is 2. The maximum Gasteiger partial charge on any atom is 0.255 e. The molecule has 6 unspecified atom stereocenters. The van der Waals surface area contributed by atoms with Crippen molar-refractivity contribution in [3.63, 3.8) is 0 Å². The number of aliphatic hydroxyl groups excluding tert-OH is 10. The molecule has 24 nitrogen and oxygen atoms in total. The molecule has 0 aromatic heterocycles. The number of halogens is 6. The van der Waals surface area contributed by atoms with Gasteiger partial charge in [-0.1, -0.05) is 0 Å². The van der Waals surface area contributed by atoms with Gasteiger partial charge < -0.3 is 89.9 Å². The van der Waals surface area contributed by atoms with Gasteiger partial charge >= 0.3 is 0 Å². The molecule has 0 bridgehead atoms. The van der Waals surface area contributed by atoms with Crippen molar-refractivity contribution < 1.29 is 89.3 Å². The van der Waals surface area contributed by atoms with Gasteiger partial charge in [0.2, 0.25) is 11.8 Å². The van der Waals surface area contributed by atoms with Crippen molar-refractivity contribution in [3.8, 4) is 0 Å². The molecule has 0 saturated heterocycles. The summed E-state index contributed by atoms with van der Waals surface area (Å²) in [5, 5.41) is 100. The third-order valence-electron chi connectivity index (χ3n) is 10.7. The second kappa shape index (κ2) is 33.0. The molecule has 0 aliphatic rings. The van der Waals surface area contributed by atoms with Gasteiger partial charge in [0.05, 0.1) is 150 Å². The molecule has 0 heterocycles. The lowest BCUT2D eigenvalue weighted by Crippen LogP contribution is -2.42. The van der Waals surface area contributed by atoms with E-state index in [9.17, 15) is 79.8 Å². The summed E-state index contributed by atoms with van der Waals surface area (Å²) in [6.07, 6.45) is -7.84. The number of carbonyl (C=O) groups excluding carboxylic acids is 6. The first-order valence-electron chi connectivity index (χ1n) is 22.2.